The number of fused-ring (bicyclic) bond motifs is 1. The summed E-state index contributed by atoms with van der Waals surface area (Å²) in [5.74, 6) is -3.06. The molecule has 1 aliphatic carbocycles. The molecule has 0 radical (unpaired) electrons. The van der Waals surface area contributed by atoms with Crippen LogP contribution in [-0.2, 0) is 20.7 Å². The number of ether oxygens (including phenoxy) is 1. The number of phenols is 4. The van der Waals surface area contributed by atoms with Crippen molar-refractivity contribution in [3.8, 4) is 23.0 Å². The summed E-state index contributed by atoms with van der Waals surface area (Å²) in [6.45, 7) is 0. The third-order valence-corrected chi connectivity index (χ3v) is 5.35. The lowest BCUT2D eigenvalue weighted by Gasteiger charge is -2.14. The van der Waals surface area contributed by atoms with Crippen LogP contribution in [0.1, 0.15) is 22.3 Å². The number of carboxylic acid groups (broad SMARTS) is 1. The van der Waals surface area contributed by atoms with Crippen molar-refractivity contribution < 1.29 is 39.9 Å². The highest BCUT2D eigenvalue weighted by atomic mass is 16.6. The van der Waals surface area contributed by atoms with Crippen LogP contribution in [0, 0.1) is 0 Å². The van der Waals surface area contributed by atoms with E-state index in [4.69, 9.17) is 4.74 Å². The maximum atomic E-state index is 12.8. The number of phenolic OH excluding ortho intramolecular Hbond substituents is 4. The Morgan fingerprint density at radius 2 is 1.62 bits per heavy atom. The van der Waals surface area contributed by atoms with Gasteiger partial charge in [0.05, 0.1) is 0 Å². The Bertz CT molecular complexity index is 1350. The SMILES string of the molecule is O=C(/C=C1\C(c2cccc(O)c2)=Cc2c1ccc(O)c2O)OC(Cc1cccc(O)c1)C(=O)O. The predicted octanol–water partition coefficient (Wildman–Crippen LogP) is 3.69. The molecule has 0 heterocycles. The molecule has 3 aromatic carbocycles. The van der Waals surface area contributed by atoms with E-state index in [-0.39, 0.29) is 35.0 Å². The topological polar surface area (TPSA) is 145 Å². The summed E-state index contributed by atoms with van der Waals surface area (Å²) in [6.07, 6.45) is 1.00. The molecule has 3 aromatic rings. The van der Waals surface area contributed by atoms with Crippen LogP contribution in [0.4, 0.5) is 0 Å². The molecular formula is C26H20O8. The largest absolute Gasteiger partial charge is 0.508 e. The van der Waals surface area contributed by atoms with Crippen molar-refractivity contribution in [1.82, 2.24) is 0 Å². The van der Waals surface area contributed by atoms with E-state index in [0.717, 1.165) is 6.08 Å². The monoisotopic (exact) mass is 460 g/mol. The highest BCUT2D eigenvalue weighted by molar-refractivity contribution is 6.21. The van der Waals surface area contributed by atoms with Gasteiger partial charge in [-0.3, -0.25) is 0 Å². The van der Waals surface area contributed by atoms with E-state index in [1.165, 1.54) is 36.4 Å². The standard InChI is InChI=1S/C26H20O8/c27-16-5-1-3-14(9-16)10-23(26(32)33)34-24(30)13-20-18-7-8-22(29)25(31)21(18)12-19(20)15-4-2-6-17(28)11-15/h1-9,11-13,23,27-29,31H,10H2,(H,32,33)/b20-13-. The Balaban J connectivity index is 1.69. The van der Waals surface area contributed by atoms with Crippen LogP contribution in [0.2, 0.25) is 0 Å². The number of esters is 1. The summed E-state index contributed by atoms with van der Waals surface area (Å²) in [5, 5.41) is 49.2. The minimum Gasteiger partial charge on any atom is -0.508 e. The second kappa shape index (κ2) is 9.03. The number of hydrogen-bond acceptors (Lipinski definition) is 7. The molecule has 172 valence electrons. The van der Waals surface area contributed by atoms with Crippen LogP contribution in [0.3, 0.4) is 0 Å². The van der Waals surface area contributed by atoms with Gasteiger partial charge >= 0.3 is 11.9 Å². The van der Waals surface area contributed by atoms with Gasteiger partial charge in [-0.1, -0.05) is 24.3 Å². The van der Waals surface area contributed by atoms with Crippen molar-refractivity contribution in [3.63, 3.8) is 0 Å². The number of benzene rings is 3. The molecule has 8 nitrogen and oxygen atoms in total. The van der Waals surface area contributed by atoms with Gasteiger partial charge in [0, 0.05) is 18.1 Å². The van der Waals surface area contributed by atoms with Crippen LogP contribution in [-0.4, -0.2) is 43.6 Å². The van der Waals surface area contributed by atoms with Gasteiger partial charge in [0.25, 0.3) is 0 Å². The fraction of sp³-hybridized carbons (Fsp3) is 0.0769. The number of carbonyl (C=O) groups excluding carboxylic acids is 1. The first kappa shape index (κ1) is 22.5. The fourth-order valence-corrected chi connectivity index (χ4v) is 3.78. The van der Waals surface area contributed by atoms with Crippen molar-refractivity contribution >= 4 is 29.2 Å². The van der Waals surface area contributed by atoms with Gasteiger partial charge in [-0.25, -0.2) is 9.59 Å². The molecule has 0 bridgehead atoms. The third-order valence-electron chi connectivity index (χ3n) is 5.35. The molecule has 0 amide bonds. The lowest BCUT2D eigenvalue weighted by Crippen LogP contribution is -2.28. The summed E-state index contributed by atoms with van der Waals surface area (Å²) in [7, 11) is 0. The molecule has 0 saturated heterocycles. The van der Waals surface area contributed by atoms with E-state index < -0.39 is 18.0 Å². The number of hydrogen-bond donors (Lipinski definition) is 5. The Kier molecular flexibility index (Phi) is 5.97. The molecule has 5 N–H and O–H groups in total. The van der Waals surface area contributed by atoms with Crippen LogP contribution < -0.4 is 0 Å². The minimum atomic E-state index is -1.51. The van der Waals surface area contributed by atoms with Crippen LogP contribution in [0.15, 0.2) is 66.7 Å². The third kappa shape index (κ3) is 4.56. The number of aliphatic carboxylic acids is 1. The highest BCUT2D eigenvalue weighted by Gasteiger charge is 2.27. The van der Waals surface area contributed by atoms with E-state index in [1.54, 1.807) is 30.3 Å². The van der Waals surface area contributed by atoms with Gasteiger partial charge in [-0.05, 0) is 70.3 Å². The lowest BCUT2D eigenvalue weighted by atomic mass is 9.96. The summed E-state index contributed by atoms with van der Waals surface area (Å²) in [4.78, 5) is 24.5. The summed E-state index contributed by atoms with van der Waals surface area (Å²) < 4.78 is 5.21. The molecule has 1 unspecified atom stereocenters. The zero-order valence-electron chi connectivity index (χ0n) is 17.7. The van der Waals surface area contributed by atoms with Crippen molar-refractivity contribution in [2.75, 3.05) is 0 Å². The van der Waals surface area contributed by atoms with Crippen molar-refractivity contribution in [2.24, 2.45) is 0 Å². The molecule has 0 spiro atoms. The minimum absolute atomic E-state index is 0.0135. The molecule has 8 heteroatoms. The Morgan fingerprint density at radius 1 is 0.912 bits per heavy atom. The molecule has 0 fully saturated rings. The van der Waals surface area contributed by atoms with Gasteiger partial charge in [-0.15, -0.1) is 0 Å². The number of aromatic hydroxyl groups is 4. The zero-order chi connectivity index (χ0) is 24.4. The van der Waals surface area contributed by atoms with E-state index in [2.05, 4.69) is 0 Å². The summed E-state index contributed by atoms with van der Waals surface area (Å²) >= 11 is 0. The normalized spacial score (nSPS) is 14.4. The molecule has 0 saturated carbocycles. The summed E-state index contributed by atoms with van der Waals surface area (Å²) in [6, 6.07) is 15.0. The maximum Gasteiger partial charge on any atom is 0.345 e. The fourth-order valence-electron chi connectivity index (χ4n) is 3.78. The Morgan fingerprint density at radius 3 is 2.29 bits per heavy atom. The Labute approximate surface area is 193 Å². The molecular weight excluding hydrogens is 440 g/mol. The smallest absolute Gasteiger partial charge is 0.345 e. The second-order valence-corrected chi connectivity index (χ2v) is 7.70. The molecule has 1 aliphatic rings. The van der Waals surface area contributed by atoms with E-state index in [9.17, 15) is 35.1 Å². The van der Waals surface area contributed by atoms with Crippen molar-refractivity contribution in [3.05, 3.63) is 89.0 Å². The van der Waals surface area contributed by atoms with Gasteiger partial charge in [0.1, 0.15) is 11.5 Å². The summed E-state index contributed by atoms with van der Waals surface area (Å²) in [5.41, 5.74) is 2.48. The zero-order valence-corrected chi connectivity index (χ0v) is 17.7. The van der Waals surface area contributed by atoms with Gasteiger partial charge < -0.3 is 30.3 Å². The first-order valence-electron chi connectivity index (χ1n) is 10.2. The van der Waals surface area contributed by atoms with E-state index in [0.29, 0.717) is 27.8 Å². The quantitative estimate of drug-likeness (QED) is 0.213. The van der Waals surface area contributed by atoms with Gasteiger partial charge in [0.2, 0.25) is 6.10 Å². The van der Waals surface area contributed by atoms with Gasteiger partial charge in [-0.2, -0.15) is 0 Å². The van der Waals surface area contributed by atoms with Crippen molar-refractivity contribution in [2.45, 2.75) is 12.5 Å². The predicted molar refractivity (Wildman–Crippen MR) is 123 cm³/mol. The number of carbonyl (C=O) groups is 2. The average molecular weight is 460 g/mol. The van der Waals surface area contributed by atoms with Crippen LogP contribution in [0.5, 0.6) is 23.0 Å². The number of carboxylic acids is 1. The average Bonchev–Trinajstić information content (AvgIpc) is 3.14. The molecule has 0 aliphatic heterocycles. The number of allylic oxidation sites excluding steroid dienone is 2. The second-order valence-electron chi connectivity index (χ2n) is 7.70. The maximum absolute atomic E-state index is 12.8. The first-order valence-corrected chi connectivity index (χ1v) is 10.2. The number of rotatable bonds is 6. The highest BCUT2D eigenvalue weighted by Crippen LogP contribution is 2.47. The van der Waals surface area contributed by atoms with Crippen LogP contribution >= 0.6 is 0 Å². The lowest BCUT2D eigenvalue weighted by molar-refractivity contribution is -0.160. The van der Waals surface area contributed by atoms with Crippen molar-refractivity contribution in [1.29, 1.82) is 0 Å². The molecule has 34 heavy (non-hydrogen) atoms. The van der Waals surface area contributed by atoms with E-state index in [1.807, 2.05) is 0 Å². The van der Waals surface area contributed by atoms with E-state index >= 15 is 0 Å². The molecule has 4 rings (SSSR count). The Hall–Kier alpha value is -4.72. The first-order chi connectivity index (χ1) is 16.2. The van der Waals surface area contributed by atoms with Gasteiger partial charge in [0.15, 0.2) is 11.5 Å². The van der Waals surface area contributed by atoms with Crippen LogP contribution in [0.25, 0.3) is 17.2 Å². The molecule has 1 atom stereocenters. The molecule has 0 aromatic heterocycles.